The standard InChI is InChI=1S/C13H11F3N2O2/c1-3-6-12(13(14,15)16)9-7-8(20-2)4-5-10(9)17-11(19)18-12/h4-5,7H,1-2H3,(H2,17,18,19). The molecule has 1 aliphatic heterocycles. The summed E-state index contributed by atoms with van der Waals surface area (Å²) in [6, 6.07) is 3.07. The van der Waals surface area contributed by atoms with Crippen LogP contribution in [0.1, 0.15) is 12.5 Å². The summed E-state index contributed by atoms with van der Waals surface area (Å²) >= 11 is 0. The van der Waals surface area contributed by atoms with Crippen LogP contribution in [0, 0.1) is 11.8 Å². The monoisotopic (exact) mass is 284 g/mol. The number of hydrogen-bond donors (Lipinski definition) is 2. The van der Waals surface area contributed by atoms with Gasteiger partial charge in [-0.05, 0) is 25.1 Å². The maximum Gasteiger partial charge on any atom is 0.427 e. The number of hydrogen-bond acceptors (Lipinski definition) is 2. The second-order valence-corrected chi connectivity index (χ2v) is 4.11. The van der Waals surface area contributed by atoms with Crippen molar-refractivity contribution in [1.82, 2.24) is 5.32 Å². The van der Waals surface area contributed by atoms with Crippen LogP contribution in [0.4, 0.5) is 23.7 Å². The average molecular weight is 284 g/mol. The molecule has 106 valence electrons. The first-order chi connectivity index (χ1) is 9.34. The van der Waals surface area contributed by atoms with Crippen molar-refractivity contribution in [2.45, 2.75) is 18.6 Å². The second-order valence-electron chi connectivity index (χ2n) is 4.11. The number of halogens is 3. The van der Waals surface area contributed by atoms with Crippen molar-refractivity contribution in [1.29, 1.82) is 0 Å². The predicted octanol–water partition coefficient (Wildman–Crippen LogP) is 2.61. The highest BCUT2D eigenvalue weighted by Crippen LogP contribution is 2.44. The van der Waals surface area contributed by atoms with Gasteiger partial charge in [0, 0.05) is 11.3 Å². The summed E-state index contributed by atoms with van der Waals surface area (Å²) in [5.41, 5.74) is -2.89. The van der Waals surface area contributed by atoms with Crippen molar-refractivity contribution >= 4 is 11.7 Å². The number of fused-ring (bicyclic) bond motifs is 1. The zero-order chi connectivity index (χ0) is 15.0. The first kappa shape index (κ1) is 14.1. The van der Waals surface area contributed by atoms with E-state index in [1.165, 1.54) is 32.2 Å². The molecular weight excluding hydrogens is 273 g/mol. The molecule has 1 aromatic carbocycles. The molecule has 1 unspecified atom stereocenters. The van der Waals surface area contributed by atoms with Crippen LogP contribution in [0.15, 0.2) is 18.2 Å². The Bertz CT molecular complexity index is 616. The van der Waals surface area contributed by atoms with Crippen molar-refractivity contribution in [3.05, 3.63) is 23.8 Å². The summed E-state index contributed by atoms with van der Waals surface area (Å²) < 4.78 is 45.4. The van der Waals surface area contributed by atoms with Crippen molar-refractivity contribution in [3.8, 4) is 17.6 Å². The Morgan fingerprint density at radius 2 is 2.05 bits per heavy atom. The Labute approximate surface area is 113 Å². The van der Waals surface area contributed by atoms with E-state index in [0.29, 0.717) is 0 Å². The summed E-state index contributed by atoms with van der Waals surface area (Å²) in [5, 5.41) is 4.20. The van der Waals surface area contributed by atoms with Crippen LogP contribution in [0.5, 0.6) is 5.75 Å². The number of nitrogens with one attached hydrogen (secondary N) is 2. The first-order valence-electron chi connectivity index (χ1n) is 5.62. The topological polar surface area (TPSA) is 50.4 Å². The lowest BCUT2D eigenvalue weighted by Gasteiger charge is -2.37. The smallest absolute Gasteiger partial charge is 0.427 e. The van der Waals surface area contributed by atoms with Gasteiger partial charge in [-0.25, -0.2) is 4.79 Å². The van der Waals surface area contributed by atoms with Gasteiger partial charge < -0.3 is 15.4 Å². The molecule has 1 atom stereocenters. The Balaban J connectivity index is 2.76. The fourth-order valence-corrected chi connectivity index (χ4v) is 2.04. The van der Waals surface area contributed by atoms with Crippen LogP contribution in [0.3, 0.4) is 0 Å². The molecule has 0 aliphatic carbocycles. The molecule has 1 aromatic rings. The third kappa shape index (κ3) is 2.03. The number of methoxy groups -OCH3 is 1. The lowest BCUT2D eigenvalue weighted by atomic mass is 9.86. The number of alkyl halides is 3. The maximum atomic E-state index is 13.5. The first-order valence-corrected chi connectivity index (χ1v) is 5.62. The number of rotatable bonds is 1. The van der Waals surface area contributed by atoms with Gasteiger partial charge in [-0.15, -0.1) is 5.92 Å². The minimum atomic E-state index is -4.77. The van der Waals surface area contributed by atoms with Crippen molar-refractivity contribution in [2.24, 2.45) is 0 Å². The number of carbonyl (C=O) groups excluding carboxylic acids is 1. The lowest BCUT2D eigenvalue weighted by molar-refractivity contribution is -0.178. The molecule has 2 rings (SSSR count). The Kier molecular flexibility index (Phi) is 3.26. The fraction of sp³-hybridized carbons (Fsp3) is 0.308. The summed E-state index contributed by atoms with van der Waals surface area (Å²) in [6.45, 7) is 1.28. The van der Waals surface area contributed by atoms with Crippen LogP contribution in [-0.2, 0) is 5.54 Å². The van der Waals surface area contributed by atoms with Crippen LogP contribution >= 0.6 is 0 Å². The van der Waals surface area contributed by atoms with Gasteiger partial charge in [0.25, 0.3) is 0 Å². The summed E-state index contributed by atoms with van der Waals surface area (Å²) in [5.74, 6) is 4.55. The van der Waals surface area contributed by atoms with E-state index in [9.17, 15) is 18.0 Å². The third-order valence-corrected chi connectivity index (χ3v) is 2.92. The van der Waals surface area contributed by atoms with E-state index in [1.54, 1.807) is 0 Å². The number of carbonyl (C=O) groups is 1. The van der Waals surface area contributed by atoms with Gasteiger partial charge in [-0.1, -0.05) is 5.92 Å². The molecule has 7 heteroatoms. The molecule has 4 nitrogen and oxygen atoms in total. The highest BCUT2D eigenvalue weighted by molar-refractivity contribution is 5.95. The molecule has 1 aliphatic rings. The second kappa shape index (κ2) is 4.63. The molecule has 0 aromatic heterocycles. The zero-order valence-corrected chi connectivity index (χ0v) is 10.7. The number of urea groups is 1. The maximum absolute atomic E-state index is 13.5. The van der Waals surface area contributed by atoms with Gasteiger partial charge >= 0.3 is 12.2 Å². The van der Waals surface area contributed by atoms with Gasteiger partial charge in [0.15, 0.2) is 0 Å². The zero-order valence-electron chi connectivity index (χ0n) is 10.7. The van der Waals surface area contributed by atoms with Crippen LogP contribution in [0.2, 0.25) is 0 Å². The molecular formula is C13H11F3N2O2. The van der Waals surface area contributed by atoms with E-state index in [1.807, 2.05) is 5.32 Å². The molecule has 0 fully saturated rings. The summed E-state index contributed by atoms with van der Waals surface area (Å²) in [7, 11) is 1.34. The van der Waals surface area contributed by atoms with Gasteiger partial charge in [-0.3, -0.25) is 0 Å². The van der Waals surface area contributed by atoms with Gasteiger partial charge in [0.05, 0.1) is 7.11 Å². The van der Waals surface area contributed by atoms with E-state index in [-0.39, 0.29) is 17.0 Å². The number of anilines is 1. The largest absolute Gasteiger partial charge is 0.497 e. The lowest BCUT2D eigenvalue weighted by Crippen LogP contribution is -2.59. The van der Waals surface area contributed by atoms with E-state index in [2.05, 4.69) is 17.2 Å². The van der Waals surface area contributed by atoms with Crippen LogP contribution in [0.25, 0.3) is 0 Å². The molecule has 0 spiro atoms. The molecule has 2 amide bonds. The molecule has 2 N–H and O–H groups in total. The Morgan fingerprint density at radius 1 is 1.35 bits per heavy atom. The number of benzene rings is 1. The average Bonchev–Trinajstić information content (AvgIpc) is 2.37. The van der Waals surface area contributed by atoms with Crippen LogP contribution < -0.4 is 15.4 Å². The van der Waals surface area contributed by atoms with Crippen LogP contribution in [-0.4, -0.2) is 19.3 Å². The third-order valence-electron chi connectivity index (χ3n) is 2.92. The van der Waals surface area contributed by atoms with Gasteiger partial charge in [0.2, 0.25) is 5.54 Å². The number of amides is 2. The number of ether oxygens (including phenoxy) is 1. The molecule has 0 saturated carbocycles. The molecule has 0 bridgehead atoms. The minimum Gasteiger partial charge on any atom is -0.497 e. The highest BCUT2D eigenvalue weighted by atomic mass is 19.4. The highest BCUT2D eigenvalue weighted by Gasteiger charge is 2.59. The van der Waals surface area contributed by atoms with E-state index < -0.39 is 17.7 Å². The molecule has 1 heterocycles. The van der Waals surface area contributed by atoms with Crippen molar-refractivity contribution in [2.75, 3.05) is 12.4 Å². The van der Waals surface area contributed by atoms with Gasteiger partial charge in [0.1, 0.15) is 5.75 Å². The van der Waals surface area contributed by atoms with Crippen molar-refractivity contribution in [3.63, 3.8) is 0 Å². The van der Waals surface area contributed by atoms with E-state index in [0.717, 1.165) is 0 Å². The Morgan fingerprint density at radius 3 is 2.60 bits per heavy atom. The van der Waals surface area contributed by atoms with E-state index in [4.69, 9.17) is 4.74 Å². The summed E-state index contributed by atoms with van der Waals surface area (Å²) in [6.07, 6.45) is -4.77. The Hall–Kier alpha value is -2.36. The summed E-state index contributed by atoms with van der Waals surface area (Å²) in [4.78, 5) is 11.5. The SMILES string of the molecule is CC#CC1(C(F)(F)F)NC(=O)Nc2ccc(OC)cc21. The minimum absolute atomic E-state index is 0.0506. The predicted molar refractivity (Wildman–Crippen MR) is 66.3 cm³/mol. The molecule has 0 radical (unpaired) electrons. The van der Waals surface area contributed by atoms with Gasteiger partial charge in [-0.2, -0.15) is 13.2 Å². The molecule has 0 saturated heterocycles. The van der Waals surface area contributed by atoms with E-state index >= 15 is 0 Å². The van der Waals surface area contributed by atoms with Crippen molar-refractivity contribution < 1.29 is 22.7 Å². The normalized spacial score (nSPS) is 20.9. The molecule has 20 heavy (non-hydrogen) atoms. The quantitative estimate of drug-likeness (QED) is 0.779. The fourth-order valence-electron chi connectivity index (χ4n) is 2.04.